The summed E-state index contributed by atoms with van der Waals surface area (Å²) in [6, 6.07) is 12.7. The first kappa shape index (κ1) is 25.8. The lowest BCUT2D eigenvalue weighted by Gasteiger charge is -2.27. The molecule has 0 unspecified atom stereocenters. The number of carbonyl (C=O) groups excluding carboxylic acids is 2. The molecule has 0 spiro atoms. The smallest absolute Gasteiger partial charge is 0.271 e. The largest absolute Gasteiger partial charge is 0.490 e. The number of ether oxygens (including phenoxy) is 4. The quantitative estimate of drug-likeness (QED) is 0.251. The van der Waals surface area contributed by atoms with Crippen molar-refractivity contribution in [3.8, 4) is 29.1 Å². The molecular formula is C29H30N2O6. The van der Waals surface area contributed by atoms with Crippen molar-refractivity contribution >= 4 is 17.9 Å². The molecule has 2 heterocycles. The third kappa shape index (κ3) is 5.61. The van der Waals surface area contributed by atoms with Crippen LogP contribution in [0.15, 0.2) is 53.1 Å². The highest BCUT2D eigenvalue weighted by Crippen LogP contribution is 2.35. The van der Waals surface area contributed by atoms with Gasteiger partial charge in [0, 0.05) is 5.57 Å². The van der Waals surface area contributed by atoms with E-state index in [9.17, 15) is 14.9 Å². The highest BCUT2D eigenvalue weighted by molar-refractivity contribution is 6.19. The Morgan fingerprint density at radius 1 is 1.00 bits per heavy atom. The van der Waals surface area contributed by atoms with Crippen LogP contribution in [0.5, 0.6) is 23.0 Å². The van der Waals surface area contributed by atoms with Crippen molar-refractivity contribution in [2.45, 2.75) is 46.6 Å². The van der Waals surface area contributed by atoms with Gasteiger partial charge in [-0.05, 0) is 67.3 Å². The number of amides is 2. The SMILES string of the molecule is CCCCCOc1ccc(/C=C2/C(=O)N(Cc3ccc4c(c3)OCO4)C(=O)C(C#N)=C2C)cc1OCC. The number of unbranched alkanes of at least 4 members (excludes halogenated alkanes) is 2. The van der Waals surface area contributed by atoms with Crippen molar-refractivity contribution in [2.75, 3.05) is 20.0 Å². The van der Waals surface area contributed by atoms with Gasteiger partial charge in [-0.15, -0.1) is 0 Å². The maximum absolute atomic E-state index is 13.5. The molecule has 2 aromatic carbocycles. The number of nitriles is 1. The van der Waals surface area contributed by atoms with Crippen LogP contribution in [0.1, 0.15) is 51.2 Å². The van der Waals surface area contributed by atoms with E-state index in [1.165, 1.54) is 0 Å². The maximum Gasteiger partial charge on any atom is 0.271 e. The number of carbonyl (C=O) groups is 2. The average molecular weight is 503 g/mol. The molecule has 0 N–H and O–H groups in total. The summed E-state index contributed by atoms with van der Waals surface area (Å²) < 4.78 is 22.4. The van der Waals surface area contributed by atoms with Crippen LogP contribution in [0.4, 0.5) is 0 Å². The molecule has 0 aromatic heterocycles. The molecule has 0 aliphatic carbocycles. The van der Waals surface area contributed by atoms with Gasteiger partial charge in [-0.3, -0.25) is 14.5 Å². The van der Waals surface area contributed by atoms with Crippen molar-refractivity contribution in [1.29, 1.82) is 5.26 Å². The van der Waals surface area contributed by atoms with E-state index in [0.717, 1.165) is 24.2 Å². The minimum absolute atomic E-state index is 0.00115. The monoisotopic (exact) mass is 502 g/mol. The van der Waals surface area contributed by atoms with Gasteiger partial charge in [0.25, 0.3) is 11.8 Å². The summed E-state index contributed by atoms with van der Waals surface area (Å²) in [5.74, 6) is 1.28. The molecule has 8 nitrogen and oxygen atoms in total. The summed E-state index contributed by atoms with van der Waals surface area (Å²) in [5.41, 5.74) is 1.94. The van der Waals surface area contributed by atoms with Crippen molar-refractivity contribution in [1.82, 2.24) is 4.90 Å². The Bertz CT molecular complexity index is 1300. The molecule has 4 rings (SSSR count). The zero-order valence-electron chi connectivity index (χ0n) is 21.3. The van der Waals surface area contributed by atoms with Gasteiger partial charge in [-0.2, -0.15) is 5.26 Å². The molecule has 2 aliphatic rings. The normalized spacial score (nSPS) is 15.8. The standard InChI is InChI=1S/C29H30N2O6/c1-4-6-7-12-35-24-10-8-20(14-26(24)34-5-2)13-22-19(3)23(16-30)29(33)31(28(22)32)17-21-9-11-25-27(15-21)37-18-36-25/h8-11,13-15H,4-7,12,17-18H2,1-3H3/b22-13+. The van der Waals surface area contributed by atoms with Crippen LogP contribution in [0.3, 0.4) is 0 Å². The molecule has 2 amide bonds. The number of rotatable bonds is 10. The van der Waals surface area contributed by atoms with Crippen molar-refractivity contribution < 1.29 is 28.5 Å². The van der Waals surface area contributed by atoms with Gasteiger partial charge in [0.05, 0.1) is 19.8 Å². The van der Waals surface area contributed by atoms with Crippen molar-refractivity contribution in [2.24, 2.45) is 0 Å². The van der Waals surface area contributed by atoms with Gasteiger partial charge in [0.15, 0.2) is 23.0 Å². The third-order valence-electron chi connectivity index (χ3n) is 6.19. The summed E-state index contributed by atoms with van der Waals surface area (Å²) in [4.78, 5) is 27.6. The fraction of sp³-hybridized carbons (Fsp3) is 0.345. The second-order valence-corrected chi connectivity index (χ2v) is 8.75. The van der Waals surface area contributed by atoms with Gasteiger partial charge in [-0.1, -0.05) is 31.9 Å². The van der Waals surface area contributed by atoms with E-state index >= 15 is 0 Å². The molecule has 0 atom stereocenters. The number of fused-ring (bicyclic) bond motifs is 1. The Kier molecular flexibility index (Phi) is 8.14. The van der Waals surface area contributed by atoms with Gasteiger partial charge < -0.3 is 18.9 Å². The lowest BCUT2D eigenvalue weighted by Crippen LogP contribution is -2.42. The van der Waals surface area contributed by atoms with Gasteiger partial charge in [-0.25, -0.2) is 0 Å². The molecule has 37 heavy (non-hydrogen) atoms. The summed E-state index contributed by atoms with van der Waals surface area (Å²) in [7, 11) is 0. The maximum atomic E-state index is 13.5. The first-order valence-electron chi connectivity index (χ1n) is 12.4. The minimum Gasteiger partial charge on any atom is -0.490 e. The van der Waals surface area contributed by atoms with Crippen LogP contribution < -0.4 is 18.9 Å². The lowest BCUT2D eigenvalue weighted by molar-refractivity contribution is -0.141. The molecule has 8 heteroatoms. The number of hydrogen-bond donors (Lipinski definition) is 0. The summed E-state index contributed by atoms with van der Waals surface area (Å²) in [5, 5.41) is 9.72. The van der Waals surface area contributed by atoms with E-state index in [0.29, 0.717) is 52.9 Å². The molecule has 192 valence electrons. The zero-order valence-corrected chi connectivity index (χ0v) is 21.3. The highest BCUT2D eigenvalue weighted by Gasteiger charge is 2.35. The van der Waals surface area contributed by atoms with Gasteiger partial charge in [0.2, 0.25) is 6.79 Å². The van der Waals surface area contributed by atoms with E-state index in [4.69, 9.17) is 18.9 Å². The molecule has 0 radical (unpaired) electrons. The zero-order chi connectivity index (χ0) is 26.4. The van der Waals surface area contributed by atoms with Crippen LogP contribution in [0.25, 0.3) is 6.08 Å². The average Bonchev–Trinajstić information content (AvgIpc) is 3.36. The van der Waals surface area contributed by atoms with Crippen LogP contribution in [-0.2, 0) is 16.1 Å². The second-order valence-electron chi connectivity index (χ2n) is 8.75. The van der Waals surface area contributed by atoms with Crippen LogP contribution in [0, 0.1) is 11.3 Å². The molecule has 2 aromatic rings. The number of hydrogen-bond acceptors (Lipinski definition) is 7. The predicted octanol–water partition coefficient (Wildman–Crippen LogP) is 5.18. The van der Waals surface area contributed by atoms with E-state index in [1.54, 1.807) is 37.3 Å². The minimum atomic E-state index is -0.620. The van der Waals surface area contributed by atoms with Crippen molar-refractivity contribution in [3.05, 3.63) is 64.2 Å². The molecule has 0 saturated heterocycles. The first-order chi connectivity index (χ1) is 18.0. The van der Waals surface area contributed by atoms with Gasteiger partial charge in [0.1, 0.15) is 11.6 Å². The Morgan fingerprint density at radius 2 is 1.81 bits per heavy atom. The highest BCUT2D eigenvalue weighted by atomic mass is 16.7. The molecule has 0 bridgehead atoms. The van der Waals surface area contributed by atoms with E-state index < -0.39 is 11.8 Å². The Labute approximate surface area is 216 Å². The van der Waals surface area contributed by atoms with Crippen LogP contribution in [-0.4, -0.2) is 36.7 Å². The molecule has 0 saturated carbocycles. The summed E-state index contributed by atoms with van der Waals surface area (Å²) in [6.07, 6.45) is 4.83. The second kappa shape index (κ2) is 11.7. The summed E-state index contributed by atoms with van der Waals surface area (Å²) in [6.45, 7) is 6.82. The molecular weight excluding hydrogens is 472 g/mol. The Hall–Kier alpha value is -4.25. The number of benzene rings is 2. The fourth-order valence-electron chi connectivity index (χ4n) is 4.20. The Balaban J connectivity index is 1.64. The lowest BCUT2D eigenvalue weighted by atomic mass is 9.93. The predicted molar refractivity (Wildman–Crippen MR) is 137 cm³/mol. The first-order valence-corrected chi connectivity index (χ1v) is 12.4. The molecule has 0 fully saturated rings. The van der Waals surface area contributed by atoms with Gasteiger partial charge >= 0.3 is 0 Å². The molecule has 2 aliphatic heterocycles. The van der Waals surface area contributed by atoms with E-state index in [2.05, 4.69) is 6.92 Å². The van der Waals surface area contributed by atoms with Crippen molar-refractivity contribution in [3.63, 3.8) is 0 Å². The fourth-order valence-corrected chi connectivity index (χ4v) is 4.20. The topological polar surface area (TPSA) is 98.1 Å². The summed E-state index contributed by atoms with van der Waals surface area (Å²) >= 11 is 0. The van der Waals surface area contributed by atoms with E-state index in [-0.39, 0.29) is 24.5 Å². The van der Waals surface area contributed by atoms with E-state index in [1.807, 2.05) is 25.1 Å². The number of nitrogens with zero attached hydrogens (tertiary/aromatic N) is 2. The van der Waals surface area contributed by atoms with Crippen LogP contribution >= 0.6 is 0 Å². The third-order valence-corrected chi connectivity index (χ3v) is 6.19. The Morgan fingerprint density at radius 3 is 2.57 bits per heavy atom. The number of imide groups is 1. The van der Waals surface area contributed by atoms with Crippen LogP contribution in [0.2, 0.25) is 0 Å².